The van der Waals surface area contributed by atoms with E-state index in [9.17, 15) is 0 Å². The first-order chi connectivity index (χ1) is 11.6. The fraction of sp³-hybridized carbons (Fsp3) is 0.533. The molecule has 0 spiro atoms. The second-order valence-electron chi connectivity index (χ2n) is 6.40. The largest absolute Gasteiger partial charge is 0.364 e. The van der Waals surface area contributed by atoms with Gasteiger partial charge in [0.25, 0.3) is 0 Å². The van der Waals surface area contributed by atoms with Crippen molar-refractivity contribution in [1.82, 2.24) is 29.8 Å². The molecule has 126 valence electrons. The number of fused-ring (bicyclic) bond motifs is 1. The summed E-state index contributed by atoms with van der Waals surface area (Å²) < 4.78 is 6.78. The molecule has 0 unspecified atom stereocenters. The van der Waals surface area contributed by atoms with Gasteiger partial charge in [-0.2, -0.15) is 0 Å². The van der Waals surface area contributed by atoms with E-state index in [-0.39, 0.29) is 6.04 Å². The van der Waals surface area contributed by atoms with Crippen LogP contribution >= 0.6 is 0 Å². The van der Waals surface area contributed by atoms with Gasteiger partial charge >= 0.3 is 0 Å². The fourth-order valence-corrected chi connectivity index (χ4v) is 2.55. The molecule has 4 rings (SSSR count). The Balaban J connectivity index is 1.76. The van der Waals surface area contributed by atoms with E-state index in [1.807, 2.05) is 17.8 Å². The van der Waals surface area contributed by atoms with Crippen LogP contribution in [0.25, 0.3) is 11.3 Å². The van der Waals surface area contributed by atoms with E-state index in [0.717, 1.165) is 30.3 Å². The Morgan fingerprint density at radius 2 is 2.04 bits per heavy atom. The first kappa shape index (κ1) is 14.9. The highest BCUT2D eigenvalue weighted by atomic mass is 16.6. The number of anilines is 2. The predicted molar refractivity (Wildman–Crippen MR) is 88.6 cm³/mol. The Morgan fingerprint density at radius 3 is 2.67 bits per heavy atom. The molecule has 1 N–H and O–H groups in total. The van der Waals surface area contributed by atoms with Gasteiger partial charge in [0.15, 0.2) is 11.6 Å². The van der Waals surface area contributed by atoms with Crippen molar-refractivity contribution in [2.75, 3.05) is 10.2 Å². The van der Waals surface area contributed by atoms with E-state index >= 15 is 0 Å². The van der Waals surface area contributed by atoms with Gasteiger partial charge in [0, 0.05) is 31.5 Å². The van der Waals surface area contributed by atoms with Gasteiger partial charge in [0.05, 0.1) is 6.54 Å². The monoisotopic (exact) mass is 328 g/mol. The molecule has 1 aliphatic rings. The van der Waals surface area contributed by atoms with Crippen LogP contribution in [-0.4, -0.2) is 41.9 Å². The predicted octanol–water partition coefficient (Wildman–Crippen LogP) is 1.74. The number of aromatic nitrogens is 6. The van der Waals surface area contributed by atoms with Crippen molar-refractivity contribution in [3.63, 3.8) is 0 Å². The van der Waals surface area contributed by atoms with Crippen molar-refractivity contribution < 1.29 is 4.63 Å². The average molecular weight is 328 g/mol. The number of rotatable bonds is 6. The quantitative estimate of drug-likeness (QED) is 0.730. The van der Waals surface area contributed by atoms with E-state index < -0.39 is 0 Å². The maximum Gasteiger partial charge on any atom is 0.245 e. The lowest BCUT2D eigenvalue weighted by Gasteiger charge is -2.28. The van der Waals surface area contributed by atoms with Gasteiger partial charge in [0.2, 0.25) is 11.3 Å². The second-order valence-corrected chi connectivity index (χ2v) is 6.40. The Morgan fingerprint density at radius 1 is 1.29 bits per heavy atom. The molecule has 3 aromatic heterocycles. The molecule has 3 aromatic rings. The molecule has 0 bridgehead atoms. The summed E-state index contributed by atoms with van der Waals surface area (Å²) in [6, 6.07) is 0.672. The van der Waals surface area contributed by atoms with E-state index in [1.54, 1.807) is 6.20 Å². The van der Waals surface area contributed by atoms with Crippen molar-refractivity contribution in [2.24, 2.45) is 7.05 Å². The molecule has 0 saturated heterocycles. The molecule has 1 fully saturated rings. The lowest BCUT2D eigenvalue weighted by molar-refractivity contribution is 0.314. The minimum absolute atomic E-state index is 0.216. The molecule has 0 aromatic carbocycles. The van der Waals surface area contributed by atoms with Crippen molar-refractivity contribution in [2.45, 2.75) is 45.3 Å². The number of imidazole rings is 1. The summed E-state index contributed by atoms with van der Waals surface area (Å²) in [5, 5.41) is 11.1. The van der Waals surface area contributed by atoms with Gasteiger partial charge in [-0.1, -0.05) is 0 Å². The molecule has 1 saturated carbocycles. The van der Waals surface area contributed by atoms with Crippen molar-refractivity contribution in [3.05, 3.63) is 18.2 Å². The molecule has 24 heavy (non-hydrogen) atoms. The topological polar surface area (TPSA) is 97.8 Å². The Kier molecular flexibility index (Phi) is 3.55. The van der Waals surface area contributed by atoms with Crippen LogP contribution in [0.2, 0.25) is 0 Å². The van der Waals surface area contributed by atoms with Gasteiger partial charge in [-0.25, -0.2) is 19.6 Å². The van der Waals surface area contributed by atoms with Crippen LogP contribution in [0.5, 0.6) is 0 Å². The van der Waals surface area contributed by atoms with Crippen molar-refractivity contribution >= 4 is 22.9 Å². The van der Waals surface area contributed by atoms with Gasteiger partial charge in [-0.3, -0.25) is 0 Å². The third-order valence-electron chi connectivity index (χ3n) is 4.14. The zero-order chi connectivity index (χ0) is 16.7. The first-order valence-electron chi connectivity index (χ1n) is 8.11. The van der Waals surface area contributed by atoms with Gasteiger partial charge in [-0.05, 0) is 37.0 Å². The average Bonchev–Trinajstić information content (AvgIpc) is 3.09. The second kappa shape index (κ2) is 5.73. The maximum absolute atomic E-state index is 4.77. The van der Waals surface area contributed by atoms with E-state index in [1.165, 1.54) is 0 Å². The molecule has 3 heterocycles. The number of aryl methyl sites for hydroxylation is 1. The van der Waals surface area contributed by atoms with Crippen molar-refractivity contribution in [3.8, 4) is 0 Å². The minimum Gasteiger partial charge on any atom is -0.364 e. The van der Waals surface area contributed by atoms with Crippen LogP contribution in [-0.2, 0) is 13.6 Å². The summed E-state index contributed by atoms with van der Waals surface area (Å²) in [5.41, 5.74) is 0.833. The van der Waals surface area contributed by atoms with Crippen LogP contribution < -0.4 is 10.2 Å². The standard InChI is InChI=1S/C15H20N8O/c1-9(2)23(8-11-16-6-7-22(11)3)15-14(17-10-4-5-10)18-12-13(19-15)21-24-20-12/h6-7,9-10H,4-5,8H2,1-3H3,(H,17,18,20). The summed E-state index contributed by atoms with van der Waals surface area (Å²) in [4.78, 5) is 15.8. The Labute approximate surface area is 139 Å². The molecule has 9 nitrogen and oxygen atoms in total. The van der Waals surface area contributed by atoms with Gasteiger partial charge in [-0.15, -0.1) is 0 Å². The zero-order valence-electron chi connectivity index (χ0n) is 14.0. The summed E-state index contributed by atoms with van der Waals surface area (Å²) in [7, 11) is 1.99. The zero-order valence-corrected chi connectivity index (χ0v) is 14.0. The Hall–Kier alpha value is -2.71. The van der Waals surface area contributed by atoms with E-state index in [2.05, 4.69) is 49.3 Å². The molecular weight excluding hydrogens is 308 g/mol. The number of hydrogen-bond donors (Lipinski definition) is 1. The smallest absolute Gasteiger partial charge is 0.245 e. The number of nitrogens with zero attached hydrogens (tertiary/aromatic N) is 7. The highest BCUT2D eigenvalue weighted by molar-refractivity contribution is 5.74. The third kappa shape index (κ3) is 2.77. The molecule has 0 radical (unpaired) electrons. The van der Waals surface area contributed by atoms with E-state index in [4.69, 9.17) is 4.63 Å². The first-order valence-corrected chi connectivity index (χ1v) is 8.11. The lowest BCUT2D eigenvalue weighted by atomic mass is 10.3. The molecule has 0 amide bonds. The molecule has 0 atom stereocenters. The van der Waals surface area contributed by atoms with Crippen LogP contribution in [0, 0.1) is 0 Å². The number of nitrogens with one attached hydrogen (secondary N) is 1. The lowest BCUT2D eigenvalue weighted by Crippen LogP contribution is -2.33. The Bertz CT molecular complexity index is 850. The highest BCUT2D eigenvalue weighted by Crippen LogP contribution is 2.31. The molecule has 9 heteroatoms. The fourth-order valence-electron chi connectivity index (χ4n) is 2.55. The van der Waals surface area contributed by atoms with E-state index in [0.29, 0.717) is 23.9 Å². The summed E-state index contributed by atoms with van der Waals surface area (Å²) in [5.74, 6) is 2.44. The minimum atomic E-state index is 0.216. The van der Waals surface area contributed by atoms with Crippen LogP contribution in [0.1, 0.15) is 32.5 Å². The maximum atomic E-state index is 4.77. The van der Waals surface area contributed by atoms with Crippen molar-refractivity contribution in [1.29, 1.82) is 0 Å². The van der Waals surface area contributed by atoms with Gasteiger partial charge < -0.3 is 14.8 Å². The SMILES string of the molecule is CC(C)N(Cc1nccn1C)c1nc2nonc2nc1NC1CC1. The highest BCUT2D eigenvalue weighted by Gasteiger charge is 2.27. The molecule has 1 aliphatic carbocycles. The molecular formula is C15H20N8O. The third-order valence-corrected chi connectivity index (χ3v) is 4.14. The molecule has 0 aliphatic heterocycles. The normalized spacial score (nSPS) is 14.5. The van der Waals surface area contributed by atoms with Crippen LogP contribution in [0.4, 0.5) is 11.6 Å². The van der Waals surface area contributed by atoms with Gasteiger partial charge in [0.1, 0.15) is 5.82 Å². The summed E-state index contributed by atoms with van der Waals surface area (Å²) >= 11 is 0. The van der Waals surface area contributed by atoms with Crippen LogP contribution in [0.3, 0.4) is 0 Å². The van der Waals surface area contributed by atoms with Crippen LogP contribution in [0.15, 0.2) is 17.0 Å². The number of hydrogen-bond acceptors (Lipinski definition) is 8. The summed E-state index contributed by atoms with van der Waals surface area (Å²) in [6.45, 7) is 4.87. The summed E-state index contributed by atoms with van der Waals surface area (Å²) in [6.07, 6.45) is 6.04.